The van der Waals surface area contributed by atoms with Crippen LogP contribution in [0.1, 0.15) is 36.9 Å². The van der Waals surface area contributed by atoms with Gasteiger partial charge in [-0.15, -0.1) is 0 Å². The summed E-state index contributed by atoms with van der Waals surface area (Å²) in [6, 6.07) is 6.06. The molecule has 12 nitrogen and oxygen atoms in total. The van der Waals surface area contributed by atoms with E-state index >= 15 is 0 Å². The molecule has 3 aromatic rings. The molecule has 0 radical (unpaired) electrons. The minimum absolute atomic E-state index is 0.0645. The predicted octanol–water partition coefficient (Wildman–Crippen LogP) is -0.213. The number of nitrogens with one attached hydrogen (secondary N) is 2. The highest BCUT2D eigenvalue weighted by Crippen LogP contribution is 2.28. The Labute approximate surface area is 167 Å². The number of hydrogen-bond acceptors (Lipinski definition) is 7. The summed E-state index contributed by atoms with van der Waals surface area (Å²) in [6.07, 6.45) is 1.09. The van der Waals surface area contributed by atoms with E-state index in [0.29, 0.717) is 17.0 Å². The molecule has 1 aliphatic heterocycles. The van der Waals surface area contributed by atoms with Crippen molar-refractivity contribution in [2.75, 3.05) is 11.9 Å². The van der Waals surface area contributed by atoms with E-state index in [4.69, 9.17) is 10.5 Å². The van der Waals surface area contributed by atoms with Crippen LogP contribution >= 0.6 is 0 Å². The molecular formula is C18H14N6O6. The second-order valence-corrected chi connectivity index (χ2v) is 6.34. The van der Waals surface area contributed by atoms with E-state index in [9.17, 15) is 24.3 Å². The molecule has 1 aromatic carbocycles. The maximum absolute atomic E-state index is 12.6. The second kappa shape index (κ2) is 7.16. The van der Waals surface area contributed by atoms with Crippen LogP contribution in [0.5, 0.6) is 5.75 Å². The second-order valence-electron chi connectivity index (χ2n) is 6.34. The number of ether oxygens (including phenoxy) is 1. The lowest BCUT2D eigenvalue weighted by molar-refractivity contribution is -0.118. The smallest absolute Gasteiger partial charge is 0.354 e. The van der Waals surface area contributed by atoms with Crippen LogP contribution in [0.15, 0.2) is 30.5 Å². The average Bonchev–Trinajstić information content (AvgIpc) is 3.15. The number of nitrogens with two attached hydrogens (primary N) is 1. The molecule has 0 atom stereocenters. The molecule has 2 aromatic heterocycles. The Morgan fingerprint density at radius 1 is 1.30 bits per heavy atom. The number of aromatic carboxylic acids is 1. The summed E-state index contributed by atoms with van der Waals surface area (Å²) < 4.78 is 6.20. The molecule has 152 valence electrons. The fourth-order valence-electron chi connectivity index (χ4n) is 2.92. The van der Waals surface area contributed by atoms with Gasteiger partial charge in [-0.2, -0.15) is 5.10 Å². The Kier molecular flexibility index (Phi) is 4.50. The number of carboxylic acid groups (broad SMARTS) is 1. The molecule has 3 amide bonds. The van der Waals surface area contributed by atoms with Gasteiger partial charge in [0.15, 0.2) is 17.9 Å². The van der Waals surface area contributed by atoms with Crippen molar-refractivity contribution in [2.45, 2.75) is 6.54 Å². The summed E-state index contributed by atoms with van der Waals surface area (Å²) in [5.74, 6) is -2.66. The van der Waals surface area contributed by atoms with Crippen molar-refractivity contribution < 1.29 is 29.0 Å². The Bertz CT molecular complexity index is 1230. The Morgan fingerprint density at radius 3 is 2.83 bits per heavy atom. The molecule has 1 aliphatic rings. The van der Waals surface area contributed by atoms with E-state index in [1.165, 1.54) is 0 Å². The number of hydrogen-bond donors (Lipinski definition) is 4. The van der Waals surface area contributed by atoms with Crippen molar-refractivity contribution in [3.05, 3.63) is 53.0 Å². The summed E-state index contributed by atoms with van der Waals surface area (Å²) in [7, 11) is 0. The molecule has 0 unspecified atom stereocenters. The van der Waals surface area contributed by atoms with E-state index in [1.54, 1.807) is 18.2 Å². The van der Waals surface area contributed by atoms with Crippen molar-refractivity contribution in [1.82, 2.24) is 19.9 Å². The topological polar surface area (TPSA) is 178 Å². The molecule has 0 saturated heterocycles. The third-order valence-electron chi connectivity index (χ3n) is 4.32. The third kappa shape index (κ3) is 3.37. The number of carboxylic acids is 1. The quantitative estimate of drug-likeness (QED) is 0.446. The molecular weight excluding hydrogens is 396 g/mol. The van der Waals surface area contributed by atoms with Crippen LogP contribution in [0.25, 0.3) is 5.65 Å². The molecule has 0 aliphatic carbocycles. The summed E-state index contributed by atoms with van der Waals surface area (Å²) >= 11 is 0. The molecule has 0 saturated carbocycles. The first-order valence-corrected chi connectivity index (χ1v) is 8.59. The van der Waals surface area contributed by atoms with Gasteiger partial charge in [0.2, 0.25) is 0 Å². The van der Waals surface area contributed by atoms with Crippen molar-refractivity contribution in [1.29, 1.82) is 0 Å². The Balaban J connectivity index is 1.60. The summed E-state index contributed by atoms with van der Waals surface area (Å²) in [5, 5.41) is 18.5. The predicted molar refractivity (Wildman–Crippen MR) is 100 cm³/mol. The number of carbonyl (C=O) groups is 4. The normalized spacial score (nSPS) is 12.6. The maximum atomic E-state index is 12.6. The molecule has 0 spiro atoms. The lowest BCUT2D eigenvalue weighted by atomic mass is 10.1. The number of nitrogens with zero attached hydrogens (tertiary/aromatic N) is 3. The number of carbonyl (C=O) groups excluding carboxylic acids is 3. The number of anilines is 1. The number of primary amides is 1. The minimum atomic E-state index is -1.36. The van der Waals surface area contributed by atoms with Gasteiger partial charge in [0.05, 0.1) is 11.9 Å². The number of fused-ring (bicyclic) bond motifs is 2. The average molecular weight is 410 g/mol. The van der Waals surface area contributed by atoms with Crippen LogP contribution in [0.4, 0.5) is 5.69 Å². The summed E-state index contributed by atoms with van der Waals surface area (Å²) in [6.45, 7) is 0.00418. The first-order chi connectivity index (χ1) is 14.3. The zero-order chi connectivity index (χ0) is 21.4. The fraction of sp³-hybridized carbons (Fsp3) is 0.111. The minimum Gasteiger partial charge on any atom is -0.482 e. The molecule has 3 heterocycles. The SMILES string of the molecule is NC(=O)c1cnn2c(C(=O)O)cc(C(=O)NCc3ccc4c(c3)NC(=O)CO4)nc12. The standard InChI is InChI=1S/C18H14N6O6/c19-15(26)9-6-21-24-12(18(28)29)4-11(23-16(9)24)17(27)20-5-8-1-2-13-10(3-8)22-14(25)7-30-13/h1-4,6H,5,7H2,(H2,19,26)(H,20,27)(H,22,25)(H,28,29). The zero-order valence-electron chi connectivity index (χ0n) is 15.2. The molecule has 0 bridgehead atoms. The largest absolute Gasteiger partial charge is 0.482 e. The first kappa shape index (κ1) is 18.9. The van der Waals surface area contributed by atoms with Crippen molar-refractivity contribution in [3.63, 3.8) is 0 Å². The van der Waals surface area contributed by atoms with Crippen LogP contribution in [0, 0.1) is 0 Å². The molecule has 5 N–H and O–H groups in total. The van der Waals surface area contributed by atoms with E-state index in [2.05, 4.69) is 20.7 Å². The highest BCUT2D eigenvalue weighted by molar-refractivity contribution is 6.01. The highest BCUT2D eigenvalue weighted by atomic mass is 16.5. The number of aromatic nitrogens is 3. The third-order valence-corrected chi connectivity index (χ3v) is 4.32. The number of rotatable bonds is 5. The van der Waals surface area contributed by atoms with Gasteiger partial charge >= 0.3 is 5.97 Å². The van der Waals surface area contributed by atoms with Gasteiger partial charge in [0, 0.05) is 12.6 Å². The monoisotopic (exact) mass is 410 g/mol. The Morgan fingerprint density at radius 2 is 2.10 bits per heavy atom. The molecule has 0 fully saturated rings. The summed E-state index contributed by atoms with van der Waals surface area (Å²) in [4.78, 5) is 51.1. The van der Waals surface area contributed by atoms with E-state index < -0.39 is 17.8 Å². The first-order valence-electron chi connectivity index (χ1n) is 8.59. The summed E-state index contributed by atoms with van der Waals surface area (Å²) in [5.41, 5.74) is 5.57. The Hall–Kier alpha value is -4.48. The van der Waals surface area contributed by atoms with Crippen LogP contribution in [0.3, 0.4) is 0 Å². The van der Waals surface area contributed by atoms with Crippen LogP contribution in [0.2, 0.25) is 0 Å². The molecule has 12 heteroatoms. The van der Waals surface area contributed by atoms with Gasteiger partial charge in [-0.1, -0.05) is 6.07 Å². The van der Waals surface area contributed by atoms with Gasteiger partial charge < -0.3 is 26.2 Å². The van der Waals surface area contributed by atoms with Crippen molar-refractivity contribution >= 4 is 35.0 Å². The van der Waals surface area contributed by atoms with Crippen LogP contribution < -0.4 is 21.1 Å². The fourth-order valence-corrected chi connectivity index (χ4v) is 2.92. The van der Waals surface area contributed by atoms with Gasteiger partial charge in [-0.3, -0.25) is 14.4 Å². The van der Waals surface area contributed by atoms with Crippen molar-refractivity contribution in [2.24, 2.45) is 5.73 Å². The zero-order valence-corrected chi connectivity index (χ0v) is 15.2. The number of benzene rings is 1. The lowest BCUT2D eigenvalue weighted by Gasteiger charge is -2.18. The maximum Gasteiger partial charge on any atom is 0.354 e. The van der Waals surface area contributed by atoms with Crippen LogP contribution in [-0.4, -0.2) is 50.0 Å². The number of amides is 3. The van der Waals surface area contributed by atoms with Crippen molar-refractivity contribution in [3.8, 4) is 5.75 Å². The van der Waals surface area contributed by atoms with Gasteiger partial charge in [0.1, 0.15) is 17.0 Å². The van der Waals surface area contributed by atoms with E-state index in [1.807, 2.05) is 0 Å². The van der Waals surface area contributed by atoms with Gasteiger partial charge in [-0.25, -0.2) is 14.3 Å². The van der Waals surface area contributed by atoms with Crippen LogP contribution in [-0.2, 0) is 11.3 Å². The van der Waals surface area contributed by atoms with E-state index in [0.717, 1.165) is 16.8 Å². The molecule has 4 rings (SSSR count). The van der Waals surface area contributed by atoms with E-state index in [-0.39, 0.29) is 41.7 Å². The molecule has 30 heavy (non-hydrogen) atoms. The lowest BCUT2D eigenvalue weighted by Crippen LogP contribution is -2.27. The van der Waals surface area contributed by atoms with Gasteiger partial charge in [-0.05, 0) is 17.7 Å². The van der Waals surface area contributed by atoms with Gasteiger partial charge in [0.25, 0.3) is 17.7 Å². The highest BCUT2D eigenvalue weighted by Gasteiger charge is 2.21.